The number of halogens is 3. The molecule has 0 bridgehead atoms. The summed E-state index contributed by atoms with van der Waals surface area (Å²) in [6, 6.07) is 4.33. The van der Waals surface area contributed by atoms with Gasteiger partial charge in [-0.05, 0) is 37.1 Å². The van der Waals surface area contributed by atoms with Crippen LogP contribution in [-0.4, -0.2) is 5.91 Å². The fourth-order valence-electron chi connectivity index (χ4n) is 1.71. The molecule has 5 heteroatoms. The van der Waals surface area contributed by atoms with Crippen molar-refractivity contribution in [3.05, 3.63) is 64.5 Å². The van der Waals surface area contributed by atoms with Crippen molar-refractivity contribution < 1.29 is 18.0 Å². The molecule has 0 fully saturated rings. The Bertz CT molecular complexity index is 635. The van der Waals surface area contributed by atoms with Gasteiger partial charge in [0, 0.05) is 17.3 Å². The van der Waals surface area contributed by atoms with Gasteiger partial charge >= 0.3 is 6.18 Å². The van der Waals surface area contributed by atoms with Crippen molar-refractivity contribution in [3.63, 3.8) is 0 Å². The molecule has 1 aromatic rings. The maximum Gasteiger partial charge on any atom is 0.416 e. The van der Waals surface area contributed by atoms with Gasteiger partial charge in [-0.25, -0.2) is 0 Å². The van der Waals surface area contributed by atoms with Gasteiger partial charge in [0.2, 0.25) is 0 Å². The molecule has 1 aliphatic rings. The predicted octanol–water partition coefficient (Wildman–Crippen LogP) is 3.82. The van der Waals surface area contributed by atoms with Crippen LogP contribution in [-0.2, 0) is 6.18 Å². The van der Waals surface area contributed by atoms with Crippen LogP contribution in [0.3, 0.4) is 0 Å². The number of alkyl halides is 3. The minimum absolute atomic E-state index is 0.0274. The average Bonchev–Trinajstić information content (AvgIpc) is 2.40. The van der Waals surface area contributed by atoms with Crippen molar-refractivity contribution in [2.75, 3.05) is 0 Å². The van der Waals surface area contributed by atoms with E-state index in [2.05, 4.69) is 11.0 Å². The monoisotopic (exact) mass is 279 g/mol. The number of benzene rings is 1. The summed E-state index contributed by atoms with van der Waals surface area (Å²) in [7, 11) is 0. The van der Waals surface area contributed by atoms with Gasteiger partial charge in [0.05, 0.1) is 5.56 Å². The van der Waals surface area contributed by atoms with E-state index in [1.807, 2.05) is 6.92 Å². The molecule has 104 valence electrons. The second kappa shape index (κ2) is 5.39. The summed E-state index contributed by atoms with van der Waals surface area (Å²) in [4.78, 5) is 11.9. The number of allylic oxidation sites excluding steroid dienone is 2. The van der Waals surface area contributed by atoms with Gasteiger partial charge in [-0.2, -0.15) is 13.2 Å². The Labute approximate surface area is 114 Å². The van der Waals surface area contributed by atoms with Gasteiger partial charge in [0.1, 0.15) is 0 Å². The van der Waals surface area contributed by atoms with E-state index in [9.17, 15) is 18.0 Å². The Morgan fingerprint density at radius 1 is 1.35 bits per heavy atom. The zero-order chi connectivity index (χ0) is 14.8. The standard InChI is InChI=1S/C15H12F3NO/c1-10-5-7-13(8-6-10)19-14(20)11-3-2-4-12(9-11)15(16,17)18/h2-4,7-9H,5H2,1H3,(H,19,20). The summed E-state index contributed by atoms with van der Waals surface area (Å²) in [5, 5.41) is 2.56. The summed E-state index contributed by atoms with van der Waals surface area (Å²) < 4.78 is 37.7. The number of carbonyl (C=O) groups is 1. The van der Waals surface area contributed by atoms with Crippen LogP contribution >= 0.6 is 0 Å². The molecule has 2 rings (SSSR count). The molecular weight excluding hydrogens is 267 g/mol. The van der Waals surface area contributed by atoms with Crippen molar-refractivity contribution in [1.82, 2.24) is 5.32 Å². The highest BCUT2D eigenvalue weighted by atomic mass is 19.4. The number of rotatable bonds is 2. The molecule has 1 aromatic carbocycles. The van der Waals surface area contributed by atoms with Crippen molar-refractivity contribution in [1.29, 1.82) is 0 Å². The maximum atomic E-state index is 12.6. The van der Waals surface area contributed by atoms with E-state index in [1.54, 1.807) is 12.2 Å². The zero-order valence-corrected chi connectivity index (χ0v) is 10.7. The van der Waals surface area contributed by atoms with Crippen molar-refractivity contribution >= 4 is 5.91 Å². The van der Waals surface area contributed by atoms with Gasteiger partial charge < -0.3 is 5.32 Å². The van der Waals surface area contributed by atoms with E-state index >= 15 is 0 Å². The van der Waals surface area contributed by atoms with Crippen LogP contribution in [0.25, 0.3) is 0 Å². The Morgan fingerprint density at radius 3 is 2.70 bits per heavy atom. The SMILES string of the molecule is CC1=C=CC(NC(=O)c2cccc(C(F)(F)F)c2)=CC1. The smallest absolute Gasteiger partial charge is 0.322 e. The van der Waals surface area contributed by atoms with E-state index in [4.69, 9.17) is 0 Å². The highest BCUT2D eigenvalue weighted by Crippen LogP contribution is 2.29. The molecule has 0 radical (unpaired) electrons. The van der Waals surface area contributed by atoms with Crippen LogP contribution in [0.5, 0.6) is 0 Å². The fraction of sp³-hybridized carbons (Fsp3) is 0.200. The number of amides is 1. The molecule has 1 aliphatic carbocycles. The van der Waals surface area contributed by atoms with Gasteiger partial charge in [0.25, 0.3) is 5.91 Å². The number of nitrogens with one attached hydrogen (secondary N) is 1. The molecule has 0 saturated heterocycles. The first-order chi connectivity index (χ1) is 9.36. The molecule has 0 saturated carbocycles. The highest BCUT2D eigenvalue weighted by molar-refractivity contribution is 5.95. The summed E-state index contributed by atoms with van der Waals surface area (Å²) in [6.07, 6.45) is -0.406. The average molecular weight is 279 g/mol. The zero-order valence-electron chi connectivity index (χ0n) is 10.7. The highest BCUT2D eigenvalue weighted by Gasteiger charge is 2.30. The maximum absolute atomic E-state index is 12.6. The Kier molecular flexibility index (Phi) is 3.81. The number of hydrogen-bond acceptors (Lipinski definition) is 1. The van der Waals surface area contributed by atoms with Crippen molar-refractivity contribution in [2.24, 2.45) is 0 Å². The molecule has 2 nitrogen and oxygen atoms in total. The van der Waals surface area contributed by atoms with Crippen LogP contribution in [0.2, 0.25) is 0 Å². The predicted molar refractivity (Wildman–Crippen MR) is 68.9 cm³/mol. The van der Waals surface area contributed by atoms with Gasteiger partial charge in [-0.1, -0.05) is 12.1 Å². The van der Waals surface area contributed by atoms with Gasteiger partial charge in [-0.15, -0.1) is 5.73 Å². The summed E-state index contributed by atoms with van der Waals surface area (Å²) in [6.45, 7) is 1.90. The van der Waals surface area contributed by atoms with Crippen molar-refractivity contribution in [2.45, 2.75) is 19.5 Å². The van der Waals surface area contributed by atoms with Crippen LogP contribution < -0.4 is 5.32 Å². The number of hydrogen-bond donors (Lipinski definition) is 1. The third-order valence-corrected chi connectivity index (χ3v) is 2.81. The molecule has 1 amide bonds. The Hall–Kier alpha value is -2.26. The Morgan fingerprint density at radius 2 is 2.10 bits per heavy atom. The lowest BCUT2D eigenvalue weighted by Gasteiger charge is -2.10. The van der Waals surface area contributed by atoms with Crippen LogP contribution in [0.4, 0.5) is 13.2 Å². The molecule has 0 aliphatic heterocycles. The van der Waals surface area contributed by atoms with Gasteiger partial charge in [0.15, 0.2) is 0 Å². The van der Waals surface area contributed by atoms with Crippen LogP contribution in [0.15, 0.2) is 53.4 Å². The second-order valence-corrected chi connectivity index (χ2v) is 4.47. The summed E-state index contributed by atoms with van der Waals surface area (Å²) >= 11 is 0. The second-order valence-electron chi connectivity index (χ2n) is 4.47. The molecule has 0 unspecified atom stereocenters. The van der Waals surface area contributed by atoms with E-state index in [0.717, 1.165) is 17.7 Å². The molecular formula is C15H12F3NO. The lowest BCUT2D eigenvalue weighted by Crippen LogP contribution is -2.22. The molecule has 0 aromatic heterocycles. The third kappa shape index (κ3) is 3.39. The minimum atomic E-state index is -4.46. The summed E-state index contributed by atoms with van der Waals surface area (Å²) in [5.41, 5.74) is 3.66. The summed E-state index contributed by atoms with van der Waals surface area (Å²) in [5.74, 6) is -0.569. The topological polar surface area (TPSA) is 29.1 Å². The van der Waals surface area contributed by atoms with Crippen LogP contribution in [0.1, 0.15) is 29.3 Å². The molecule has 20 heavy (non-hydrogen) atoms. The van der Waals surface area contributed by atoms with E-state index in [1.165, 1.54) is 12.1 Å². The Balaban J connectivity index is 2.17. The number of carbonyl (C=O) groups excluding carboxylic acids is 1. The molecule has 0 atom stereocenters. The minimum Gasteiger partial charge on any atom is -0.322 e. The fourth-order valence-corrected chi connectivity index (χ4v) is 1.71. The lowest BCUT2D eigenvalue weighted by atomic mass is 10.1. The van der Waals surface area contributed by atoms with E-state index < -0.39 is 17.6 Å². The van der Waals surface area contributed by atoms with E-state index in [0.29, 0.717) is 12.1 Å². The van der Waals surface area contributed by atoms with Gasteiger partial charge in [-0.3, -0.25) is 4.79 Å². The van der Waals surface area contributed by atoms with Crippen molar-refractivity contribution in [3.8, 4) is 0 Å². The lowest BCUT2D eigenvalue weighted by molar-refractivity contribution is -0.137. The normalized spacial score (nSPS) is 14.6. The third-order valence-electron chi connectivity index (χ3n) is 2.81. The molecule has 1 N–H and O–H groups in total. The van der Waals surface area contributed by atoms with Crippen LogP contribution in [0, 0.1) is 0 Å². The first-order valence-electron chi connectivity index (χ1n) is 5.97. The molecule has 0 spiro atoms. The molecule has 0 heterocycles. The van der Waals surface area contributed by atoms with E-state index in [-0.39, 0.29) is 5.56 Å². The first kappa shape index (κ1) is 14.2. The quantitative estimate of drug-likeness (QED) is 0.819. The largest absolute Gasteiger partial charge is 0.416 e. The first-order valence-corrected chi connectivity index (χ1v) is 5.97.